The summed E-state index contributed by atoms with van der Waals surface area (Å²) in [5.41, 5.74) is 1.37. The predicted molar refractivity (Wildman–Crippen MR) is 99.0 cm³/mol. The molecule has 6 heteroatoms. The standard InChI is InChI=1S/C17H27N3O.2ClH/c1-21-16-8-7-15(13-19-16)17(14-5-3-2-4-6-14)20-11-9-18-10-12-20;;/h7-8,13-14,17-18H,2-6,9-12H2,1H3;2*1H/t17-;;/m1../s1. The van der Waals surface area contributed by atoms with Gasteiger partial charge in [-0.25, -0.2) is 4.98 Å². The maximum atomic E-state index is 5.21. The lowest BCUT2D eigenvalue weighted by atomic mass is 9.80. The van der Waals surface area contributed by atoms with Gasteiger partial charge in [0.2, 0.25) is 5.88 Å². The van der Waals surface area contributed by atoms with Gasteiger partial charge in [-0.2, -0.15) is 0 Å². The molecule has 23 heavy (non-hydrogen) atoms. The van der Waals surface area contributed by atoms with Crippen molar-refractivity contribution in [3.63, 3.8) is 0 Å². The largest absolute Gasteiger partial charge is 0.481 e. The van der Waals surface area contributed by atoms with Crippen molar-refractivity contribution < 1.29 is 4.74 Å². The Morgan fingerprint density at radius 3 is 2.39 bits per heavy atom. The van der Waals surface area contributed by atoms with Gasteiger partial charge in [0, 0.05) is 44.5 Å². The van der Waals surface area contributed by atoms with Gasteiger partial charge in [-0.3, -0.25) is 4.90 Å². The molecule has 2 aliphatic rings. The molecule has 1 aliphatic heterocycles. The maximum absolute atomic E-state index is 5.21. The number of aromatic nitrogens is 1. The Balaban J connectivity index is 0.00000132. The zero-order valence-electron chi connectivity index (χ0n) is 13.9. The van der Waals surface area contributed by atoms with Gasteiger partial charge in [0.1, 0.15) is 0 Å². The van der Waals surface area contributed by atoms with Crippen LogP contribution in [-0.2, 0) is 0 Å². The van der Waals surface area contributed by atoms with Gasteiger partial charge in [0.05, 0.1) is 7.11 Å². The molecule has 1 saturated heterocycles. The summed E-state index contributed by atoms with van der Waals surface area (Å²) in [6.07, 6.45) is 8.93. The summed E-state index contributed by atoms with van der Waals surface area (Å²) < 4.78 is 5.21. The Morgan fingerprint density at radius 1 is 1.13 bits per heavy atom. The van der Waals surface area contributed by atoms with E-state index in [9.17, 15) is 0 Å². The fraction of sp³-hybridized carbons (Fsp3) is 0.706. The minimum atomic E-state index is 0. The molecule has 1 N–H and O–H groups in total. The van der Waals surface area contributed by atoms with Crippen LogP contribution < -0.4 is 10.1 Å². The summed E-state index contributed by atoms with van der Waals surface area (Å²) in [7, 11) is 1.68. The number of pyridine rings is 1. The molecule has 0 spiro atoms. The van der Waals surface area contributed by atoms with E-state index in [4.69, 9.17) is 4.74 Å². The second-order valence-electron chi connectivity index (χ2n) is 6.26. The number of piperazine rings is 1. The summed E-state index contributed by atoms with van der Waals surface area (Å²) in [5.74, 6) is 1.49. The van der Waals surface area contributed by atoms with E-state index in [1.165, 1.54) is 37.7 Å². The average molecular weight is 362 g/mol. The zero-order chi connectivity index (χ0) is 14.5. The van der Waals surface area contributed by atoms with E-state index in [0.717, 1.165) is 32.1 Å². The lowest BCUT2D eigenvalue weighted by molar-refractivity contribution is 0.103. The molecule has 0 unspecified atom stereocenters. The number of nitrogens with one attached hydrogen (secondary N) is 1. The molecule has 132 valence electrons. The van der Waals surface area contributed by atoms with Crippen LogP contribution >= 0.6 is 24.8 Å². The highest BCUT2D eigenvalue weighted by Crippen LogP contribution is 2.38. The van der Waals surface area contributed by atoms with E-state index in [2.05, 4.69) is 21.3 Å². The van der Waals surface area contributed by atoms with Crippen LogP contribution in [0.5, 0.6) is 5.88 Å². The monoisotopic (exact) mass is 361 g/mol. The Hall–Kier alpha value is -0.550. The van der Waals surface area contributed by atoms with E-state index in [1.54, 1.807) is 7.11 Å². The van der Waals surface area contributed by atoms with Gasteiger partial charge in [0.25, 0.3) is 0 Å². The number of hydrogen-bond acceptors (Lipinski definition) is 4. The molecule has 2 heterocycles. The van der Waals surface area contributed by atoms with E-state index in [1.807, 2.05) is 12.3 Å². The summed E-state index contributed by atoms with van der Waals surface area (Å²) in [5, 5.41) is 3.46. The highest BCUT2D eigenvalue weighted by Gasteiger charge is 2.31. The molecule has 2 fully saturated rings. The van der Waals surface area contributed by atoms with Gasteiger partial charge in [-0.05, 0) is 24.3 Å². The van der Waals surface area contributed by atoms with Crippen LogP contribution in [-0.4, -0.2) is 43.2 Å². The van der Waals surface area contributed by atoms with Crippen LogP contribution in [0.4, 0.5) is 0 Å². The average Bonchev–Trinajstić information content (AvgIpc) is 2.58. The van der Waals surface area contributed by atoms with Crippen LogP contribution in [0.1, 0.15) is 43.7 Å². The molecule has 4 nitrogen and oxygen atoms in total. The van der Waals surface area contributed by atoms with Crippen LogP contribution in [0.3, 0.4) is 0 Å². The van der Waals surface area contributed by atoms with Gasteiger partial charge in [-0.15, -0.1) is 24.8 Å². The summed E-state index contributed by atoms with van der Waals surface area (Å²) in [6.45, 7) is 4.50. The van der Waals surface area contributed by atoms with Crippen molar-refractivity contribution in [1.82, 2.24) is 15.2 Å². The first kappa shape index (κ1) is 20.5. The second kappa shape index (κ2) is 10.3. The predicted octanol–water partition coefficient (Wildman–Crippen LogP) is 3.46. The SMILES string of the molecule is COc1ccc([C@@H](C2CCCCC2)N2CCNCC2)cn1.Cl.Cl. The van der Waals surface area contributed by atoms with Crippen LogP contribution in [0.15, 0.2) is 18.3 Å². The molecule has 1 saturated carbocycles. The highest BCUT2D eigenvalue weighted by molar-refractivity contribution is 5.85. The van der Waals surface area contributed by atoms with Gasteiger partial charge < -0.3 is 10.1 Å². The van der Waals surface area contributed by atoms with Gasteiger partial charge in [0.15, 0.2) is 0 Å². The fourth-order valence-electron chi connectivity index (χ4n) is 3.88. The third-order valence-electron chi connectivity index (χ3n) is 4.95. The smallest absolute Gasteiger partial charge is 0.212 e. The van der Waals surface area contributed by atoms with Crippen molar-refractivity contribution >= 4 is 24.8 Å². The first-order chi connectivity index (χ1) is 10.4. The fourth-order valence-corrected chi connectivity index (χ4v) is 3.88. The lowest BCUT2D eigenvalue weighted by Gasteiger charge is -2.41. The molecule has 0 aromatic carbocycles. The summed E-state index contributed by atoms with van der Waals surface area (Å²) in [4.78, 5) is 7.11. The second-order valence-corrected chi connectivity index (χ2v) is 6.26. The van der Waals surface area contributed by atoms with Crippen LogP contribution in [0, 0.1) is 5.92 Å². The molecule has 1 aromatic heterocycles. The molecular weight excluding hydrogens is 333 g/mol. The number of nitrogens with zero attached hydrogens (tertiary/aromatic N) is 2. The Kier molecular flexibility index (Phi) is 9.22. The summed E-state index contributed by atoms with van der Waals surface area (Å²) >= 11 is 0. The Labute approximate surface area is 152 Å². The van der Waals surface area contributed by atoms with E-state index in [0.29, 0.717) is 11.9 Å². The first-order valence-corrected chi connectivity index (χ1v) is 8.33. The number of methoxy groups -OCH3 is 1. The Morgan fingerprint density at radius 2 is 1.83 bits per heavy atom. The minimum Gasteiger partial charge on any atom is -0.481 e. The van der Waals surface area contributed by atoms with Gasteiger partial charge in [-0.1, -0.05) is 25.3 Å². The van der Waals surface area contributed by atoms with E-state index >= 15 is 0 Å². The molecule has 0 bridgehead atoms. The molecule has 1 atom stereocenters. The third kappa shape index (κ3) is 5.21. The number of halogens is 2. The normalized spacial score (nSPS) is 20.9. The van der Waals surface area contributed by atoms with Crippen molar-refractivity contribution in [2.24, 2.45) is 5.92 Å². The molecule has 0 amide bonds. The van der Waals surface area contributed by atoms with Crippen molar-refractivity contribution in [3.05, 3.63) is 23.9 Å². The first-order valence-electron chi connectivity index (χ1n) is 8.33. The molecule has 1 aliphatic carbocycles. The van der Waals surface area contributed by atoms with Crippen molar-refractivity contribution in [3.8, 4) is 5.88 Å². The molecule has 1 aromatic rings. The van der Waals surface area contributed by atoms with Gasteiger partial charge >= 0.3 is 0 Å². The lowest BCUT2D eigenvalue weighted by Crippen LogP contribution is -2.47. The third-order valence-corrected chi connectivity index (χ3v) is 4.95. The minimum absolute atomic E-state index is 0. The van der Waals surface area contributed by atoms with Crippen molar-refractivity contribution in [1.29, 1.82) is 0 Å². The van der Waals surface area contributed by atoms with E-state index < -0.39 is 0 Å². The number of ether oxygens (including phenoxy) is 1. The highest BCUT2D eigenvalue weighted by atomic mass is 35.5. The van der Waals surface area contributed by atoms with Crippen molar-refractivity contribution in [2.75, 3.05) is 33.3 Å². The Bertz CT molecular complexity index is 414. The maximum Gasteiger partial charge on any atom is 0.212 e. The zero-order valence-corrected chi connectivity index (χ0v) is 15.5. The van der Waals surface area contributed by atoms with Crippen LogP contribution in [0.2, 0.25) is 0 Å². The molecule has 3 rings (SSSR count). The number of rotatable bonds is 4. The topological polar surface area (TPSA) is 37.4 Å². The quantitative estimate of drug-likeness (QED) is 0.890. The summed E-state index contributed by atoms with van der Waals surface area (Å²) in [6, 6.07) is 4.76. The van der Waals surface area contributed by atoms with E-state index in [-0.39, 0.29) is 24.8 Å². The molecule has 0 radical (unpaired) electrons. The van der Waals surface area contributed by atoms with Crippen LogP contribution in [0.25, 0.3) is 0 Å². The molecular formula is C17H29Cl2N3O. The number of hydrogen-bond donors (Lipinski definition) is 1. The van der Waals surface area contributed by atoms with Crippen molar-refractivity contribution in [2.45, 2.75) is 38.1 Å².